The van der Waals surface area contributed by atoms with E-state index in [4.69, 9.17) is 0 Å². The van der Waals surface area contributed by atoms with Gasteiger partial charge in [-0.3, -0.25) is 9.48 Å². The summed E-state index contributed by atoms with van der Waals surface area (Å²) < 4.78 is 1.81. The predicted molar refractivity (Wildman–Crippen MR) is 66.8 cm³/mol. The lowest BCUT2D eigenvalue weighted by atomic mass is 9.85. The molecule has 1 aromatic rings. The lowest BCUT2D eigenvalue weighted by Crippen LogP contribution is -2.35. The Kier molecular flexibility index (Phi) is 4.09. The molecule has 1 rings (SSSR count). The third-order valence-corrected chi connectivity index (χ3v) is 2.77. The first-order valence-corrected chi connectivity index (χ1v) is 5.99. The summed E-state index contributed by atoms with van der Waals surface area (Å²) in [6.07, 6.45) is -0.685. The van der Waals surface area contributed by atoms with Crippen LogP contribution in [-0.2, 0) is 17.8 Å². The van der Waals surface area contributed by atoms with E-state index in [1.807, 2.05) is 45.4 Å². The zero-order valence-electron chi connectivity index (χ0n) is 11.3. The molecule has 0 aromatic carbocycles. The Hall–Kier alpha value is -1.16. The Morgan fingerprint density at radius 2 is 2.12 bits per heavy atom. The minimum absolute atomic E-state index is 0.146. The van der Waals surface area contributed by atoms with Gasteiger partial charge in [0.2, 0.25) is 0 Å². The smallest absolute Gasteiger partial charge is 0.167 e. The minimum Gasteiger partial charge on any atom is -0.385 e. The van der Waals surface area contributed by atoms with Crippen molar-refractivity contribution >= 4 is 5.78 Å². The van der Waals surface area contributed by atoms with Gasteiger partial charge in [0.15, 0.2) is 5.78 Å². The third kappa shape index (κ3) is 3.40. The van der Waals surface area contributed by atoms with E-state index in [0.29, 0.717) is 0 Å². The number of hydrogen-bond acceptors (Lipinski definition) is 3. The zero-order chi connectivity index (χ0) is 13.2. The van der Waals surface area contributed by atoms with E-state index in [2.05, 4.69) is 5.10 Å². The highest BCUT2D eigenvalue weighted by Gasteiger charge is 2.29. The Morgan fingerprint density at radius 1 is 1.53 bits per heavy atom. The highest BCUT2D eigenvalue weighted by molar-refractivity contribution is 5.85. The first kappa shape index (κ1) is 13.9. The maximum Gasteiger partial charge on any atom is 0.167 e. The molecule has 1 unspecified atom stereocenters. The van der Waals surface area contributed by atoms with Crippen LogP contribution in [0.1, 0.15) is 39.1 Å². The van der Waals surface area contributed by atoms with Crippen LogP contribution in [0.25, 0.3) is 0 Å². The van der Waals surface area contributed by atoms with E-state index < -0.39 is 11.5 Å². The molecule has 0 aliphatic carbocycles. The molecular formula is C13H22N2O2. The van der Waals surface area contributed by atoms with Crippen molar-refractivity contribution in [1.82, 2.24) is 9.78 Å². The van der Waals surface area contributed by atoms with Crippen LogP contribution in [0.2, 0.25) is 0 Å². The van der Waals surface area contributed by atoms with Crippen LogP contribution < -0.4 is 0 Å². The highest BCUT2D eigenvalue weighted by Crippen LogP contribution is 2.21. The molecule has 0 aliphatic heterocycles. The fourth-order valence-corrected chi connectivity index (χ4v) is 1.77. The van der Waals surface area contributed by atoms with Crippen LogP contribution in [0.5, 0.6) is 0 Å². The molecule has 1 heterocycles. The second-order valence-corrected chi connectivity index (χ2v) is 5.50. The van der Waals surface area contributed by atoms with Gasteiger partial charge in [0.25, 0.3) is 0 Å². The quantitative estimate of drug-likeness (QED) is 0.869. The van der Waals surface area contributed by atoms with Gasteiger partial charge in [0.05, 0.1) is 12.1 Å². The summed E-state index contributed by atoms with van der Waals surface area (Å²) in [4.78, 5) is 11.9. The van der Waals surface area contributed by atoms with E-state index >= 15 is 0 Å². The summed E-state index contributed by atoms with van der Waals surface area (Å²) in [7, 11) is 0. The second kappa shape index (κ2) is 5.00. The molecular weight excluding hydrogens is 216 g/mol. The van der Waals surface area contributed by atoms with Gasteiger partial charge >= 0.3 is 0 Å². The number of aromatic nitrogens is 2. The SMILES string of the molecule is CCn1nc(C)cc1CC(=O)C(O)C(C)(C)C. The fourth-order valence-electron chi connectivity index (χ4n) is 1.77. The topological polar surface area (TPSA) is 55.1 Å². The number of hydrogen-bond donors (Lipinski definition) is 1. The number of carbonyl (C=O) groups is 1. The average Bonchev–Trinajstić information content (AvgIpc) is 2.56. The van der Waals surface area contributed by atoms with Crippen molar-refractivity contribution in [2.45, 2.75) is 53.7 Å². The summed E-state index contributed by atoms with van der Waals surface area (Å²) in [6.45, 7) is 10.2. The summed E-state index contributed by atoms with van der Waals surface area (Å²) in [6, 6.07) is 1.90. The van der Waals surface area contributed by atoms with Gasteiger partial charge in [-0.25, -0.2) is 0 Å². The zero-order valence-corrected chi connectivity index (χ0v) is 11.3. The lowest BCUT2D eigenvalue weighted by Gasteiger charge is -2.24. The molecule has 1 N–H and O–H groups in total. The number of ketones is 1. The van der Waals surface area contributed by atoms with Gasteiger partial charge in [0, 0.05) is 12.2 Å². The molecule has 0 saturated carbocycles. The van der Waals surface area contributed by atoms with Gasteiger partial charge in [-0.2, -0.15) is 5.10 Å². The Bertz CT molecular complexity index is 402. The van der Waals surface area contributed by atoms with Crippen LogP contribution in [0.4, 0.5) is 0 Å². The number of rotatable bonds is 4. The van der Waals surface area contributed by atoms with Gasteiger partial charge in [-0.05, 0) is 25.3 Å². The molecule has 0 saturated heterocycles. The molecule has 4 nitrogen and oxygen atoms in total. The van der Waals surface area contributed by atoms with Gasteiger partial charge in [-0.15, -0.1) is 0 Å². The number of nitrogens with zero attached hydrogens (tertiary/aromatic N) is 2. The average molecular weight is 238 g/mol. The van der Waals surface area contributed by atoms with E-state index in [9.17, 15) is 9.90 Å². The fraction of sp³-hybridized carbons (Fsp3) is 0.692. The molecule has 0 aliphatic rings. The number of Topliss-reactive ketones (excluding diaryl/α,β-unsaturated/α-hetero) is 1. The number of aryl methyl sites for hydroxylation is 2. The largest absolute Gasteiger partial charge is 0.385 e. The van der Waals surface area contributed by atoms with Gasteiger partial charge in [0.1, 0.15) is 6.10 Å². The van der Waals surface area contributed by atoms with E-state index in [0.717, 1.165) is 17.9 Å². The molecule has 0 fully saturated rings. The van der Waals surface area contributed by atoms with Crippen LogP contribution in [-0.4, -0.2) is 26.8 Å². The molecule has 1 atom stereocenters. The number of aliphatic hydroxyl groups is 1. The van der Waals surface area contributed by atoms with Crippen molar-refractivity contribution in [2.24, 2.45) is 5.41 Å². The van der Waals surface area contributed by atoms with Crippen LogP contribution in [0, 0.1) is 12.3 Å². The van der Waals surface area contributed by atoms with Crippen molar-refractivity contribution < 1.29 is 9.90 Å². The molecule has 17 heavy (non-hydrogen) atoms. The summed E-state index contributed by atoms with van der Waals surface area (Å²) in [5, 5.41) is 14.2. The standard InChI is InChI=1S/C13H22N2O2/c1-6-15-10(7-9(2)14-15)8-11(16)12(17)13(3,4)5/h7,12,17H,6,8H2,1-5H3. The number of carbonyl (C=O) groups excluding carboxylic acids is 1. The van der Waals surface area contributed by atoms with E-state index in [-0.39, 0.29) is 12.2 Å². The van der Waals surface area contributed by atoms with Crippen molar-refractivity contribution in [3.8, 4) is 0 Å². The minimum atomic E-state index is -0.928. The monoisotopic (exact) mass is 238 g/mol. The molecule has 4 heteroatoms. The molecule has 0 spiro atoms. The molecule has 1 aromatic heterocycles. The molecule has 0 amide bonds. The van der Waals surface area contributed by atoms with Crippen molar-refractivity contribution in [2.75, 3.05) is 0 Å². The van der Waals surface area contributed by atoms with Crippen molar-refractivity contribution in [3.05, 3.63) is 17.5 Å². The Balaban J connectivity index is 2.81. The predicted octanol–water partition coefficient (Wildman–Crippen LogP) is 1.73. The third-order valence-electron chi connectivity index (χ3n) is 2.77. The maximum atomic E-state index is 11.9. The van der Waals surface area contributed by atoms with Crippen molar-refractivity contribution in [1.29, 1.82) is 0 Å². The Morgan fingerprint density at radius 3 is 2.59 bits per heavy atom. The summed E-state index contributed by atoms with van der Waals surface area (Å²) >= 11 is 0. The molecule has 96 valence electrons. The van der Waals surface area contributed by atoms with Gasteiger partial charge < -0.3 is 5.11 Å². The van der Waals surface area contributed by atoms with Gasteiger partial charge in [-0.1, -0.05) is 20.8 Å². The normalized spacial score (nSPS) is 13.8. The summed E-state index contributed by atoms with van der Waals surface area (Å²) in [5.74, 6) is -0.146. The lowest BCUT2D eigenvalue weighted by molar-refractivity contribution is -0.131. The van der Waals surface area contributed by atoms with Crippen LogP contribution >= 0.6 is 0 Å². The first-order valence-electron chi connectivity index (χ1n) is 5.99. The van der Waals surface area contributed by atoms with E-state index in [1.54, 1.807) is 0 Å². The second-order valence-electron chi connectivity index (χ2n) is 5.50. The van der Waals surface area contributed by atoms with Crippen LogP contribution in [0.15, 0.2) is 6.07 Å². The number of aliphatic hydroxyl groups excluding tert-OH is 1. The van der Waals surface area contributed by atoms with E-state index in [1.165, 1.54) is 0 Å². The molecule has 0 radical (unpaired) electrons. The molecule has 0 bridgehead atoms. The highest BCUT2D eigenvalue weighted by atomic mass is 16.3. The van der Waals surface area contributed by atoms with Crippen LogP contribution in [0.3, 0.4) is 0 Å². The summed E-state index contributed by atoms with van der Waals surface area (Å²) in [5.41, 5.74) is 1.36. The van der Waals surface area contributed by atoms with Crippen molar-refractivity contribution in [3.63, 3.8) is 0 Å². The Labute approximate surface area is 103 Å². The maximum absolute atomic E-state index is 11.9. The first-order chi connectivity index (χ1) is 7.75.